The van der Waals surface area contributed by atoms with Crippen LogP contribution in [0.3, 0.4) is 0 Å². The Labute approximate surface area is 121 Å². The number of aromatic nitrogens is 3. The number of nitrogens with zero attached hydrogens (tertiary/aromatic N) is 3. The summed E-state index contributed by atoms with van der Waals surface area (Å²) in [5.41, 5.74) is -0.363. The zero-order valence-corrected chi connectivity index (χ0v) is 11.7. The molecule has 7 heteroatoms. The molecule has 1 N–H and O–H groups in total. The van der Waals surface area contributed by atoms with Gasteiger partial charge in [-0.25, -0.2) is 9.97 Å². The van der Waals surface area contributed by atoms with Gasteiger partial charge in [0.05, 0.1) is 0 Å². The summed E-state index contributed by atoms with van der Waals surface area (Å²) in [6.07, 6.45) is 4.59. The van der Waals surface area contributed by atoms with Crippen molar-refractivity contribution in [3.05, 3.63) is 41.8 Å². The Morgan fingerprint density at radius 1 is 1.29 bits per heavy atom. The van der Waals surface area contributed by atoms with E-state index in [2.05, 4.69) is 20.4 Å². The van der Waals surface area contributed by atoms with Crippen molar-refractivity contribution >= 4 is 5.91 Å². The second-order valence-electron chi connectivity index (χ2n) is 5.04. The molecule has 1 saturated heterocycles. The molecule has 2 aromatic rings. The van der Waals surface area contributed by atoms with E-state index in [1.807, 2.05) is 0 Å². The smallest absolute Gasteiger partial charge is 0.274 e. The Kier molecular flexibility index (Phi) is 3.66. The van der Waals surface area contributed by atoms with Gasteiger partial charge in [0, 0.05) is 44.5 Å². The lowest BCUT2D eigenvalue weighted by molar-refractivity contribution is 0.0311. The fraction of sp³-hybridized carbons (Fsp3) is 0.429. The highest BCUT2D eigenvalue weighted by Gasteiger charge is 2.39. The molecular weight excluding hydrogens is 272 g/mol. The molecule has 0 radical (unpaired) electrons. The molecule has 1 amide bonds. The van der Waals surface area contributed by atoms with Crippen LogP contribution in [-0.2, 0) is 10.3 Å². The van der Waals surface area contributed by atoms with Crippen molar-refractivity contribution in [2.75, 3.05) is 13.2 Å². The fourth-order valence-electron chi connectivity index (χ4n) is 2.43. The zero-order valence-electron chi connectivity index (χ0n) is 11.7. The third kappa shape index (κ3) is 2.78. The van der Waals surface area contributed by atoms with Crippen molar-refractivity contribution in [3.63, 3.8) is 0 Å². The Hall–Kier alpha value is -2.28. The summed E-state index contributed by atoms with van der Waals surface area (Å²) in [6, 6.07) is 3.35. The molecule has 1 aliphatic rings. The van der Waals surface area contributed by atoms with Crippen LogP contribution in [0.1, 0.15) is 34.9 Å². The highest BCUT2D eigenvalue weighted by molar-refractivity contribution is 5.92. The molecule has 7 nitrogen and oxygen atoms in total. The Bertz CT molecular complexity index is 620. The maximum Gasteiger partial charge on any atom is 0.274 e. The number of hydrogen-bond donors (Lipinski definition) is 1. The Morgan fingerprint density at radius 3 is 2.62 bits per heavy atom. The highest BCUT2D eigenvalue weighted by Crippen LogP contribution is 2.29. The molecule has 2 aromatic heterocycles. The molecule has 0 aromatic carbocycles. The molecule has 0 atom stereocenters. The number of carbonyl (C=O) groups is 1. The molecule has 0 spiro atoms. The van der Waals surface area contributed by atoms with E-state index in [4.69, 9.17) is 9.26 Å². The summed E-state index contributed by atoms with van der Waals surface area (Å²) in [7, 11) is 0. The van der Waals surface area contributed by atoms with Gasteiger partial charge in [-0.15, -0.1) is 0 Å². The number of hydrogen-bond acceptors (Lipinski definition) is 6. The van der Waals surface area contributed by atoms with E-state index in [-0.39, 0.29) is 11.6 Å². The first-order valence-electron chi connectivity index (χ1n) is 6.81. The standard InChI is InChI=1S/C14H16N4O3/c1-10-9-11(18-21-10)12(19)17-14(3-7-20-8-4-14)13-15-5-2-6-16-13/h2,5-6,9H,3-4,7-8H2,1H3,(H,17,19). The number of rotatable bonds is 3. The molecule has 0 bridgehead atoms. The van der Waals surface area contributed by atoms with Crippen LogP contribution in [0, 0.1) is 6.92 Å². The Balaban J connectivity index is 1.88. The third-order valence-electron chi connectivity index (χ3n) is 3.55. The molecule has 110 valence electrons. The molecule has 3 rings (SSSR count). The van der Waals surface area contributed by atoms with Gasteiger partial charge in [0.15, 0.2) is 11.5 Å². The van der Waals surface area contributed by atoms with Gasteiger partial charge in [0.2, 0.25) is 0 Å². The summed E-state index contributed by atoms with van der Waals surface area (Å²) in [5, 5.41) is 6.76. The highest BCUT2D eigenvalue weighted by atomic mass is 16.5. The minimum Gasteiger partial charge on any atom is -0.381 e. The summed E-state index contributed by atoms with van der Waals surface area (Å²) in [6.45, 7) is 2.85. The summed E-state index contributed by atoms with van der Waals surface area (Å²) in [4.78, 5) is 21.0. The van der Waals surface area contributed by atoms with E-state index in [0.717, 1.165) is 0 Å². The molecule has 0 aliphatic carbocycles. The van der Waals surface area contributed by atoms with Gasteiger partial charge in [0.25, 0.3) is 5.91 Å². The quantitative estimate of drug-likeness (QED) is 0.913. The fourth-order valence-corrected chi connectivity index (χ4v) is 2.43. The minimum atomic E-state index is -0.622. The second-order valence-corrected chi connectivity index (χ2v) is 5.04. The van der Waals surface area contributed by atoms with E-state index in [0.29, 0.717) is 37.6 Å². The topological polar surface area (TPSA) is 90.1 Å². The van der Waals surface area contributed by atoms with Gasteiger partial charge in [-0.2, -0.15) is 0 Å². The largest absolute Gasteiger partial charge is 0.381 e. The SMILES string of the molecule is Cc1cc(C(=O)NC2(c3ncccn3)CCOCC2)no1. The van der Waals surface area contributed by atoms with Crippen molar-refractivity contribution in [2.24, 2.45) is 0 Å². The molecule has 0 unspecified atom stereocenters. The lowest BCUT2D eigenvalue weighted by Crippen LogP contribution is -2.50. The van der Waals surface area contributed by atoms with Crippen molar-refractivity contribution in [1.82, 2.24) is 20.4 Å². The molecule has 21 heavy (non-hydrogen) atoms. The Morgan fingerprint density at radius 2 is 2.00 bits per heavy atom. The van der Waals surface area contributed by atoms with Crippen LogP contribution in [-0.4, -0.2) is 34.2 Å². The van der Waals surface area contributed by atoms with Crippen molar-refractivity contribution < 1.29 is 14.1 Å². The number of ether oxygens (including phenoxy) is 1. The molecule has 3 heterocycles. The predicted octanol–water partition coefficient (Wildman–Crippen LogP) is 1.21. The summed E-state index contributed by atoms with van der Waals surface area (Å²) < 4.78 is 10.3. The average molecular weight is 288 g/mol. The monoisotopic (exact) mass is 288 g/mol. The summed E-state index contributed by atoms with van der Waals surface area (Å²) in [5.74, 6) is 0.903. The van der Waals surface area contributed by atoms with Gasteiger partial charge < -0.3 is 14.6 Å². The van der Waals surface area contributed by atoms with Crippen molar-refractivity contribution in [3.8, 4) is 0 Å². The maximum absolute atomic E-state index is 12.4. The average Bonchev–Trinajstić information content (AvgIpc) is 2.96. The lowest BCUT2D eigenvalue weighted by Gasteiger charge is -2.36. The van der Waals surface area contributed by atoms with E-state index in [1.54, 1.807) is 31.5 Å². The molecular formula is C14H16N4O3. The first-order chi connectivity index (χ1) is 10.2. The summed E-state index contributed by atoms with van der Waals surface area (Å²) >= 11 is 0. The third-order valence-corrected chi connectivity index (χ3v) is 3.55. The first kappa shape index (κ1) is 13.7. The van der Waals surface area contributed by atoms with Crippen LogP contribution in [0.25, 0.3) is 0 Å². The lowest BCUT2D eigenvalue weighted by atomic mass is 9.88. The van der Waals surface area contributed by atoms with E-state index in [1.165, 1.54) is 0 Å². The molecule has 0 saturated carbocycles. The van der Waals surface area contributed by atoms with Crippen LogP contribution in [0.4, 0.5) is 0 Å². The number of carbonyl (C=O) groups excluding carboxylic acids is 1. The van der Waals surface area contributed by atoms with Crippen LogP contribution >= 0.6 is 0 Å². The first-order valence-corrected chi connectivity index (χ1v) is 6.81. The van der Waals surface area contributed by atoms with Crippen LogP contribution < -0.4 is 5.32 Å². The molecule has 1 aliphatic heterocycles. The minimum absolute atomic E-state index is 0.259. The van der Waals surface area contributed by atoms with Crippen molar-refractivity contribution in [1.29, 1.82) is 0 Å². The predicted molar refractivity (Wildman–Crippen MR) is 72.5 cm³/mol. The number of aryl methyl sites for hydroxylation is 1. The van der Waals surface area contributed by atoms with E-state index in [9.17, 15) is 4.79 Å². The van der Waals surface area contributed by atoms with Gasteiger partial charge in [0.1, 0.15) is 11.3 Å². The van der Waals surface area contributed by atoms with Crippen molar-refractivity contribution in [2.45, 2.75) is 25.3 Å². The maximum atomic E-state index is 12.4. The number of amides is 1. The van der Waals surface area contributed by atoms with E-state index >= 15 is 0 Å². The second kappa shape index (κ2) is 5.61. The zero-order chi connectivity index (χ0) is 14.7. The van der Waals surface area contributed by atoms with Crippen LogP contribution in [0.15, 0.2) is 29.0 Å². The van der Waals surface area contributed by atoms with Crippen LogP contribution in [0.5, 0.6) is 0 Å². The normalized spacial score (nSPS) is 17.4. The molecule has 1 fully saturated rings. The van der Waals surface area contributed by atoms with E-state index < -0.39 is 5.54 Å². The van der Waals surface area contributed by atoms with Crippen LogP contribution in [0.2, 0.25) is 0 Å². The number of nitrogens with one attached hydrogen (secondary N) is 1. The van der Waals surface area contributed by atoms with Gasteiger partial charge in [-0.1, -0.05) is 5.16 Å². The van der Waals surface area contributed by atoms with Gasteiger partial charge in [-0.3, -0.25) is 4.79 Å². The van der Waals surface area contributed by atoms with Gasteiger partial charge in [-0.05, 0) is 13.0 Å². The van der Waals surface area contributed by atoms with Gasteiger partial charge >= 0.3 is 0 Å².